The van der Waals surface area contributed by atoms with Gasteiger partial charge >= 0.3 is 17.9 Å². The van der Waals surface area contributed by atoms with Crippen LogP contribution in [-0.2, 0) is 28.7 Å². The van der Waals surface area contributed by atoms with Gasteiger partial charge in [0.1, 0.15) is 5.75 Å². The minimum absolute atomic E-state index is 0.281. The highest BCUT2D eigenvalue weighted by atomic mass is 16.6. The highest BCUT2D eigenvalue weighted by molar-refractivity contribution is 6.03. The van der Waals surface area contributed by atoms with Crippen molar-refractivity contribution in [1.82, 2.24) is 0 Å². The van der Waals surface area contributed by atoms with Gasteiger partial charge in [0.2, 0.25) is 5.60 Å². The molecule has 1 aromatic carbocycles. The van der Waals surface area contributed by atoms with E-state index in [2.05, 4.69) is 5.32 Å². The molecule has 2 saturated carbocycles. The van der Waals surface area contributed by atoms with E-state index in [0.717, 1.165) is 0 Å². The number of hydrogen-bond acceptors (Lipinski definition) is 7. The lowest BCUT2D eigenvalue weighted by Gasteiger charge is -2.35. The molecule has 0 spiro atoms. The van der Waals surface area contributed by atoms with Crippen molar-refractivity contribution in [1.29, 1.82) is 0 Å². The molecule has 1 amide bonds. The zero-order valence-electron chi connectivity index (χ0n) is 20.5. The molecular weight excluding hydrogens is 438 g/mol. The first kappa shape index (κ1) is 22.9. The third kappa shape index (κ3) is 2.34. The van der Waals surface area contributed by atoms with E-state index in [1.807, 2.05) is 41.5 Å². The summed E-state index contributed by atoms with van der Waals surface area (Å²) in [6, 6.07) is 6.39. The van der Waals surface area contributed by atoms with Gasteiger partial charge < -0.3 is 19.5 Å². The monoisotopic (exact) mass is 469 g/mol. The summed E-state index contributed by atoms with van der Waals surface area (Å²) in [5.74, 6) is -1.37. The maximum absolute atomic E-state index is 13.2. The van der Waals surface area contributed by atoms with Gasteiger partial charge in [0.25, 0.3) is 5.91 Å². The fourth-order valence-electron chi connectivity index (χ4n) is 6.48. The second-order valence-corrected chi connectivity index (χ2v) is 11.7. The molecule has 4 bridgehead atoms. The predicted molar refractivity (Wildman–Crippen MR) is 121 cm³/mol. The lowest BCUT2D eigenvalue weighted by Crippen LogP contribution is -2.50. The van der Waals surface area contributed by atoms with Crippen LogP contribution in [0.4, 0.5) is 5.69 Å². The molecule has 0 aromatic heterocycles. The van der Waals surface area contributed by atoms with E-state index in [9.17, 15) is 19.2 Å². The van der Waals surface area contributed by atoms with Gasteiger partial charge in [-0.25, -0.2) is 4.79 Å². The Bertz CT molecular complexity index is 1050. The summed E-state index contributed by atoms with van der Waals surface area (Å²) in [5, 5.41) is 2.85. The summed E-state index contributed by atoms with van der Waals surface area (Å²) in [7, 11) is 0. The maximum atomic E-state index is 13.2. The van der Waals surface area contributed by atoms with Gasteiger partial charge in [0.05, 0.1) is 10.8 Å². The molecule has 8 heteroatoms. The molecule has 2 heterocycles. The Morgan fingerprint density at radius 1 is 0.765 bits per heavy atom. The summed E-state index contributed by atoms with van der Waals surface area (Å²) >= 11 is 0. The molecular formula is C26H31NO7. The Labute approximate surface area is 198 Å². The second kappa shape index (κ2) is 6.40. The molecule has 182 valence electrons. The number of rotatable bonds is 4. The van der Waals surface area contributed by atoms with Gasteiger partial charge in [0, 0.05) is 16.5 Å². The van der Waals surface area contributed by atoms with Crippen LogP contribution < -0.4 is 10.1 Å². The molecule has 4 aliphatic rings. The van der Waals surface area contributed by atoms with E-state index in [0.29, 0.717) is 31.4 Å². The lowest BCUT2D eigenvalue weighted by molar-refractivity contribution is -0.176. The summed E-state index contributed by atoms with van der Waals surface area (Å²) in [6.45, 7) is 11.2. The summed E-state index contributed by atoms with van der Waals surface area (Å²) in [6.07, 6.45) is 2.06. The fourth-order valence-corrected chi connectivity index (χ4v) is 6.48. The summed E-state index contributed by atoms with van der Waals surface area (Å²) in [4.78, 5) is 51.2. The highest BCUT2D eigenvalue weighted by Gasteiger charge is 2.77. The quantitative estimate of drug-likeness (QED) is 0.528. The van der Waals surface area contributed by atoms with Crippen LogP contribution >= 0.6 is 0 Å². The van der Waals surface area contributed by atoms with Crippen LogP contribution in [0.15, 0.2) is 24.3 Å². The first-order valence-corrected chi connectivity index (χ1v) is 11.8. The fraction of sp³-hybridized carbons (Fsp3) is 0.615. The number of fused-ring (bicyclic) bond motifs is 4. The second-order valence-electron chi connectivity index (χ2n) is 11.7. The third-order valence-corrected chi connectivity index (χ3v) is 10.2. The SMILES string of the molecule is CC1(C)C2(C(=O)Nc3ccc(OC(=O)C45CC[C@@](C)(C(=O)O4)C5(C)C)cc3)CC[C@@]1(C)C(=O)O2. The van der Waals surface area contributed by atoms with E-state index >= 15 is 0 Å². The molecule has 2 saturated heterocycles. The van der Waals surface area contributed by atoms with Crippen molar-refractivity contribution in [3.05, 3.63) is 24.3 Å². The minimum Gasteiger partial charge on any atom is -0.448 e. The maximum Gasteiger partial charge on any atom is 0.356 e. The number of amides is 1. The first-order chi connectivity index (χ1) is 15.7. The van der Waals surface area contributed by atoms with Crippen LogP contribution in [0.25, 0.3) is 0 Å². The number of hydrogen-bond donors (Lipinski definition) is 1. The molecule has 8 nitrogen and oxygen atoms in total. The van der Waals surface area contributed by atoms with Crippen LogP contribution in [0.1, 0.15) is 67.2 Å². The van der Waals surface area contributed by atoms with Crippen LogP contribution in [0.2, 0.25) is 0 Å². The van der Waals surface area contributed by atoms with Crippen molar-refractivity contribution < 1.29 is 33.4 Å². The minimum atomic E-state index is -1.31. The molecule has 5 rings (SSSR count). The van der Waals surface area contributed by atoms with E-state index in [1.165, 1.54) is 0 Å². The van der Waals surface area contributed by atoms with Crippen LogP contribution in [0.3, 0.4) is 0 Å². The average molecular weight is 470 g/mol. The van der Waals surface area contributed by atoms with Gasteiger partial charge in [-0.1, -0.05) is 27.7 Å². The number of carbonyl (C=O) groups excluding carboxylic acids is 4. The largest absolute Gasteiger partial charge is 0.448 e. The third-order valence-electron chi connectivity index (χ3n) is 10.2. The van der Waals surface area contributed by atoms with E-state index < -0.39 is 38.8 Å². The number of nitrogens with one attached hydrogen (secondary N) is 1. The Hall–Kier alpha value is -2.90. The van der Waals surface area contributed by atoms with Crippen LogP contribution in [0.5, 0.6) is 5.75 Å². The van der Waals surface area contributed by atoms with Crippen molar-refractivity contribution in [2.45, 2.75) is 78.4 Å². The molecule has 2 aliphatic heterocycles. The average Bonchev–Trinajstić information content (AvgIpc) is 3.23. The van der Waals surface area contributed by atoms with Gasteiger partial charge in [-0.2, -0.15) is 0 Å². The van der Waals surface area contributed by atoms with Gasteiger partial charge in [0.15, 0.2) is 5.60 Å². The van der Waals surface area contributed by atoms with Crippen molar-refractivity contribution in [2.24, 2.45) is 21.7 Å². The molecule has 0 radical (unpaired) electrons. The van der Waals surface area contributed by atoms with E-state index in [1.54, 1.807) is 24.3 Å². The van der Waals surface area contributed by atoms with Crippen molar-refractivity contribution in [2.75, 3.05) is 5.32 Å². The Balaban J connectivity index is 1.30. The number of ether oxygens (including phenoxy) is 3. The Morgan fingerprint density at radius 2 is 1.24 bits per heavy atom. The molecule has 4 fully saturated rings. The number of anilines is 1. The zero-order chi connectivity index (χ0) is 24.9. The first-order valence-electron chi connectivity index (χ1n) is 11.8. The molecule has 4 atom stereocenters. The molecule has 2 aliphatic carbocycles. The summed E-state index contributed by atoms with van der Waals surface area (Å²) < 4.78 is 16.8. The molecule has 1 aromatic rings. The van der Waals surface area contributed by atoms with Gasteiger partial charge in [-0.05, 0) is 63.8 Å². The van der Waals surface area contributed by atoms with Crippen molar-refractivity contribution in [3.63, 3.8) is 0 Å². The summed E-state index contributed by atoms with van der Waals surface area (Å²) in [5.41, 5.74) is -4.76. The van der Waals surface area contributed by atoms with Gasteiger partial charge in [-0.15, -0.1) is 0 Å². The van der Waals surface area contributed by atoms with Crippen LogP contribution in [-0.4, -0.2) is 35.0 Å². The van der Waals surface area contributed by atoms with E-state index in [-0.39, 0.29) is 23.6 Å². The normalized spacial score (nSPS) is 38.4. The standard InChI is InChI=1S/C26H31NO7/c1-21(2)23(5)11-13-25(21,33-18(23)29)17(28)27-15-7-9-16(10-8-15)32-20(31)26-14-12-24(6,19(30)34-26)22(26,3)4/h7-10H,11-14H2,1-6H3,(H,27,28)/t23-,24-,25?,26?/m0/s1. The van der Waals surface area contributed by atoms with Crippen LogP contribution in [0, 0.1) is 21.7 Å². The number of esters is 3. The lowest BCUT2D eigenvalue weighted by atomic mass is 9.66. The molecule has 2 unspecified atom stereocenters. The van der Waals surface area contributed by atoms with E-state index in [4.69, 9.17) is 14.2 Å². The Kier molecular flexibility index (Phi) is 4.31. The molecule has 1 N–H and O–H groups in total. The van der Waals surface area contributed by atoms with Gasteiger partial charge in [-0.3, -0.25) is 14.4 Å². The molecule has 34 heavy (non-hydrogen) atoms. The number of carbonyl (C=O) groups is 4. The predicted octanol–water partition coefficient (Wildman–Crippen LogP) is 3.77. The number of benzene rings is 1. The van der Waals surface area contributed by atoms with Crippen molar-refractivity contribution in [3.8, 4) is 5.75 Å². The smallest absolute Gasteiger partial charge is 0.356 e. The van der Waals surface area contributed by atoms with Crippen molar-refractivity contribution >= 4 is 29.5 Å². The topological polar surface area (TPSA) is 108 Å². The highest BCUT2D eigenvalue weighted by Crippen LogP contribution is 2.66. The zero-order valence-corrected chi connectivity index (χ0v) is 20.5. The Morgan fingerprint density at radius 3 is 1.68 bits per heavy atom.